The molecule has 8 nitrogen and oxygen atoms in total. The Kier molecular flexibility index (Phi) is 6.39. The molecule has 0 aromatic rings. The minimum Gasteiger partial charge on any atom is -0.478 e. The average Bonchev–Trinajstić information content (AvgIpc) is 2.60. The maximum atomic E-state index is 12.3. The molecule has 29 heavy (non-hydrogen) atoms. The Balaban J connectivity index is 2.47. The summed E-state index contributed by atoms with van der Waals surface area (Å²) in [7, 11) is 0. The Morgan fingerprint density at radius 1 is 1.14 bits per heavy atom. The lowest BCUT2D eigenvalue weighted by Gasteiger charge is -2.60. The minimum absolute atomic E-state index is 0.385. The van der Waals surface area contributed by atoms with E-state index in [-0.39, 0.29) is 5.57 Å². The Hall–Kier alpha value is -2.45. The van der Waals surface area contributed by atoms with Gasteiger partial charge in [-0.3, -0.25) is 0 Å². The van der Waals surface area contributed by atoms with Crippen molar-refractivity contribution in [1.29, 1.82) is 0 Å². The fourth-order valence-corrected chi connectivity index (χ4v) is 5.12. The lowest BCUT2D eigenvalue weighted by atomic mass is 9.46. The van der Waals surface area contributed by atoms with Gasteiger partial charge in [-0.2, -0.15) is 0 Å². The third-order valence-corrected chi connectivity index (χ3v) is 6.39. The van der Waals surface area contributed by atoms with Gasteiger partial charge < -0.3 is 25.2 Å². The number of carboxylic acids is 2. The van der Waals surface area contributed by atoms with E-state index >= 15 is 0 Å². The van der Waals surface area contributed by atoms with E-state index in [1.165, 1.54) is 18.2 Å². The third-order valence-electron chi connectivity index (χ3n) is 6.39. The van der Waals surface area contributed by atoms with Crippen LogP contribution in [0, 0.1) is 16.7 Å². The fourth-order valence-electron chi connectivity index (χ4n) is 5.12. The SMILES string of the molecule is CC1(C)CCC[C@@]2(C)[C@H]1[C@H](OC(=O)/C=C/C=C/C(=O)O)C=C(C(=O)O)[C@]2(O)CO. The summed E-state index contributed by atoms with van der Waals surface area (Å²) >= 11 is 0. The van der Waals surface area contributed by atoms with Crippen LogP contribution < -0.4 is 0 Å². The van der Waals surface area contributed by atoms with Crippen LogP contribution in [0.1, 0.15) is 40.0 Å². The summed E-state index contributed by atoms with van der Waals surface area (Å²) in [4.78, 5) is 34.6. The minimum atomic E-state index is -1.97. The summed E-state index contributed by atoms with van der Waals surface area (Å²) in [5.74, 6) is -3.74. The molecule has 4 atom stereocenters. The molecule has 1 fully saturated rings. The topological polar surface area (TPSA) is 141 Å². The van der Waals surface area contributed by atoms with Gasteiger partial charge in [-0.1, -0.05) is 39.3 Å². The average molecular weight is 408 g/mol. The highest BCUT2D eigenvalue weighted by atomic mass is 16.5. The van der Waals surface area contributed by atoms with Gasteiger partial charge in [-0.25, -0.2) is 14.4 Å². The van der Waals surface area contributed by atoms with Crippen LogP contribution in [0.4, 0.5) is 0 Å². The van der Waals surface area contributed by atoms with Gasteiger partial charge in [0, 0.05) is 23.5 Å². The van der Waals surface area contributed by atoms with Crippen molar-refractivity contribution in [3.8, 4) is 0 Å². The Labute approximate surface area is 169 Å². The van der Waals surface area contributed by atoms with E-state index in [0.29, 0.717) is 6.42 Å². The molecule has 0 amide bonds. The maximum Gasteiger partial charge on any atom is 0.334 e. The molecule has 0 heterocycles. The van der Waals surface area contributed by atoms with Crippen LogP contribution in [-0.4, -0.2) is 56.6 Å². The van der Waals surface area contributed by atoms with Gasteiger partial charge in [0.1, 0.15) is 11.7 Å². The van der Waals surface area contributed by atoms with Crippen molar-refractivity contribution in [1.82, 2.24) is 0 Å². The second kappa shape index (κ2) is 8.12. The van der Waals surface area contributed by atoms with Crippen LogP contribution in [0.2, 0.25) is 0 Å². The summed E-state index contributed by atoms with van der Waals surface area (Å²) in [6.07, 6.45) is 6.58. The smallest absolute Gasteiger partial charge is 0.334 e. The van der Waals surface area contributed by atoms with E-state index < -0.39 is 53.0 Å². The summed E-state index contributed by atoms with van der Waals surface area (Å²) < 4.78 is 5.55. The van der Waals surface area contributed by atoms with Gasteiger partial charge in [0.05, 0.1) is 12.2 Å². The lowest BCUT2D eigenvalue weighted by molar-refractivity contribution is -0.199. The highest BCUT2D eigenvalue weighted by Gasteiger charge is 2.64. The van der Waals surface area contributed by atoms with Crippen molar-refractivity contribution < 1.29 is 39.5 Å². The van der Waals surface area contributed by atoms with Gasteiger partial charge in [0.2, 0.25) is 0 Å². The standard InChI is InChI=1S/C21H28O8/c1-19(2)9-6-10-20(3)17(19)14(11-13(18(26)27)21(20,28)12-22)29-16(25)8-5-4-7-15(23)24/h4-5,7-8,11,14,17,22,28H,6,9-10,12H2,1-3H3,(H,23,24)(H,26,27)/b7-4+,8-5+/t14-,17+,20+,21-/m1/s1. The first kappa shape index (κ1) is 22.8. The first-order valence-electron chi connectivity index (χ1n) is 9.46. The quantitative estimate of drug-likeness (QED) is 0.295. The molecular weight excluding hydrogens is 380 g/mol. The number of fused-ring (bicyclic) bond motifs is 1. The number of ether oxygens (including phenoxy) is 1. The zero-order chi connectivity index (χ0) is 22.0. The van der Waals surface area contributed by atoms with Gasteiger partial charge in [0.25, 0.3) is 0 Å². The number of carboxylic acid groups (broad SMARTS) is 2. The number of aliphatic carboxylic acids is 2. The fraction of sp³-hybridized carbons (Fsp3) is 0.571. The van der Waals surface area contributed by atoms with E-state index in [4.69, 9.17) is 9.84 Å². The van der Waals surface area contributed by atoms with E-state index in [0.717, 1.165) is 25.0 Å². The number of carbonyl (C=O) groups excluding carboxylic acids is 1. The predicted molar refractivity (Wildman–Crippen MR) is 103 cm³/mol. The van der Waals surface area contributed by atoms with Crippen LogP contribution in [0.15, 0.2) is 36.0 Å². The molecule has 0 unspecified atom stereocenters. The van der Waals surface area contributed by atoms with E-state index in [2.05, 4.69) is 0 Å². The predicted octanol–water partition coefficient (Wildman–Crippen LogP) is 1.68. The number of rotatable bonds is 6. The molecule has 0 spiro atoms. The molecule has 0 bridgehead atoms. The molecule has 2 aliphatic rings. The first-order chi connectivity index (χ1) is 13.4. The molecule has 0 aromatic carbocycles. The first-order valence-corrected chi connectivity index (χ1v) is 9.46. The molecule has 1 saturated carbocycles. The van der Waals surface area contributed by atoms with Crippen LogP contribution in [0.3, 0.4) is 0 Å². The zero-order valence-corrected chi connectivity index (χ0v) is 16.8. The number of aliphatic hydroxyl groups excluding tert-OH is 1. The van der Waals surface area contributed by atoms with Gasteiger partial charge >= 0.3 is 17.9 Å². The Morgan fingerprint density at radius 3 is 2.31 bits per heavy atom. The second-order valence-corrected chi connectivity index (χ2v) is 8.60. The Bertz CT molecular complexity index is 778. The molecule has 160 valence electrons. The van der Waals surface area contributed by atoms with Crippen LogP contribution in [0.5, 0.6) is 0 Å². The number of hydrogen-bond acceptors (Lipinski definition) is 6. The van der Waals surface area contributed by atoms with Crippen molar-refractivity contribution in [2.75, 3.05) is 6.61 Å². The highest BCUT2D eigenvalue weighted by molar-refractivity contribution is 5.90. The molecule has 0 aromatic heterocycles. The Morgan fingerprint density at radius 2 is 1.76 bits per heavy atom. The number of esters is 1. The second-order valence-electron chi connectivity index (χ2n) is 8.60. The molecular formula is C21H28O8. The number of allylic oxidation sites excluding steroid dienone is 2. The number of aliphatic hydroxyl groups is 2. The van der Waals surface area contributed by atoms with E-state index in [1.807, 2.05) is 13.8 Å². The maximum absolute atomic E-state index is 12.3. The lowest BCUT2D eigenvalue weighted by Crippen LogP contribution is -2.65. The third kappa shape index (κ3) is 4.13. The monoisotopic (exact) mass is 408 g/mol. The largest absolute Gasteiger partial charge is 0.478 e. The van der Waals surface area contributed by atoms with Crippen molar-refractivity contribution in [3.63, 3.8) is 0 Å². The zero-order valence-electron chi connectivity index (χ0n) is 16.8. The van der Waals surface area contributed by atoms with Crippen molar-refractivity contribution >= 4 is 17.9 Å². The molecule has 4 N–H and O–H groups in total. The number of carbonyl (C=O) groups is 3. The highest BCUT2D eigenvalue weighted by Crippen LogP contribution is 2.61. The van der Waals surface area contributed by atoms with Gasteiger partial charge in [0.15, 0.2) is 0 Å². The molecule has 0 aliphatic heterocycles. The normalized spacial score (nSPS) is 33.9. The summed E-state index contributed by atoms with van der Waals surface area (Å²) in [6, 6.07) is 0. The molecule has 2 rings (SSSR count). The van der Waals surface area contributed by atoms with Crippen molar-refractivity contribution in [2.45, 2.75) is 51.7 Å². The van der Waals surface area contributed by atoms with Crippen molar-refractivity contribution in [3.05, 3.63) is 36.0 Å². The van der Waals surface area contributed by atoms with Crippen LogP contribution >= 0.6 is 0 Å². The van der Waals surface area contributed by atoms with E-state index in [1.54, 1.807) is 6.92 Å². The number of hydrogen-bond donors (Lipinski definition) is 4. The summed E-state index contributed by atoms with van der Waals surface area (Å²) in [5.41, 5.74) is -3.77. The molecule has 0 saturated heterocycles. The molecule has 8 heteroatoms. The van der Waals surface area contributed by atoms with Gasteiger partial charge in [-0.05, 0) is 24.3 Å². The van der Waals surface area contributed by atoms with Gasteiger partial charge in [-0.15, -0.1) is 0 Å². The van der Waals surface area contributed by atoms with Crippen LogP contribution in [-0.2, 0) is 19.1 Å². The summed E-state index contributed by atoms with van der Waals surface area (Å²) in [6.45, 7) is 4.92. The van der Waals surface area contributed by atoms with E-state index in [9.17, 15) is 29.7 Å². The molecule has 0 radical (unpaired) electrons. The van der Waals surface area contributed by atoms with Crippen molar-refractivity contribution in [2.24, 2.45) is 16.7 Å². The summed E-state index contributed by atoms with van der Waals surface area (Å²) in [5, 5.41) is 39.5. The van der Waals surface area contributed by atoms with Crippen LogP contribution in [0.25, 0.3) is 0 Å². The molecule has 2 aliphatic carbocycles.